The highest BCUT2D eigenvalue weighted by Crippen LogP contribution is 2.24. The maximum atomic E-state index is 11.3. The molecule has 0 saturated heterocycles. The number of rotatable bonds is 4. The first-order chi connectivity index (χ1) is 10.4. The van der Waals surface area contributed by atoms with Gasteiger partial charge in [-0.3, -0.25) is 4.79 Å². The van der Waals surface area contributed by atoms with Gasteiger partial charge in [0.25, 0.3) is 0 Å². The van der Waals surface area contributed by atoms with Gasteiger partial charge in [-0.25, -0.2) is 9.59 Å². The number of aromatic amines is 1. The number of benzene rings is 1. The predicted molar refractivity (Wildman–Crippen MR) is 77.4 cm³/mol. The van der Waals surface area contributed by atoms with E-state index in [9.17, 15) is 14.4 Å². The average Bonchev–Trinajstić information content (AvgIpc) is 2.89. The summed E-state index contributed by atoms with van der Waals surface area (Å²) in [6, 6.07) is 7.32. The van der Waals surface area contributed by atoms with Crippen LogP contribution in [0.1, 0.15) is 0 Å². The Bertz CT molecular complexity index is 704. The molecule has 0 aliphatic carbocycles. The van der Waals surface area contributed by atoms with E-state index in [1.54, 1.807) is 12.3 Å². The van der Waals surface area contributed by atoms with E-state index < -0.39 is 17.9 Å². The Morgan fingerprint density at radius 3 is 2.41 bits per heavy atom. The minimum Gasteiger partial charge on any atom is -0.480 e. The highest BCUT2D eigenvalue weighted by Gasteiger charge is 2.07. The number of carbonyl (C=O) groups is 3. The van der Waals surface area contributed by atoms with Crippen LogP contribution in [-0.4, -0.2) is 39.6 Å². The third-order valence-corrected chi connectivity index (χ3v) is 2.30. The normalized spacial score (nSPS) is 10.0. The van der Waals surface area contributed by atoms with E-state index in [4.69, 9.17) is 14.9 Å². The second kappa shape index (κ2) is 8.22. The summed E-state index contributed by atoms with van der Waals surface area (Å²) in [5.41, 5.74) is 5.42. The third kappa shape index (κ3) is 5.47. The first kappa shape index (κ1) is 16.9. The quantitative estimate of drug-likeness (QED) is 0.482. The fraction of sp³-hybridized carbons (Fsp3) is 0.0714. The molecule has 116 valence electrons. The summed E-state index contributed by atoms with van der Waals surface area (Å²) in [6.07, 6.45) is 3.15. The van der Waals surface area contributed by atoms with Gasteiger partial charge in [0.15, 0.2) is 5.75 Å². The van der Waals surface area contributed by atoms with Crippen LogP contribution in [0.4, 0.5) is 0 Å². The van der Waals surface area contributed by atoms with E-state index in [1.165, 1.54) is 0 Å². The molecule has 1 aromatic heterocycles. The molecule has 0 aliphatic heterocycles. The number of aromatic nitrogens is 1. The van der Waals surface area contributed by atoms with Crippen molar-refractivity contribution in [2.24, 2.45) is 5.73 Å². The Morgan fingerprint density at radius 1 is 1.18 bits per heavy atom. The molecular formula is C14H14N2O6. The van der Waals surface area contributed by atoms with Gasteiger partial charge in [0.05, 0.1) is 6.54 Å². The molecule has 1 aromatic carbocycles. The van der Waals surface area contributed by atoms with E-state index in [-0.39, 0.29) is 6.54 Å². The number of carboxylic acids is 2. The van der Waals surface area contributed by atoms with Crippen molar-refractivity contribution in [2.75, 3.05) is 6.54 Å². The summed E-state index contributed by atoms with van der Waals surface area (Å²) < 4.78 is 5.00. The number of carbonyl (C=O) groups excluding carboxylic acids is 1. The zero-order chi connectivity index (χ0) is 16.5. The van der Waals surface area contributed by atoms with Gasteiger partial charge in [0.2, 0.25) is 0 Å². The van der Waals surface area contributed by atoms with Crippen molar-refractivity contribution in [3.63, 3.8) is 0 Å². The number of H-pyrrole nitrogens is 1. The van der Waals surface area contributed by atoms with Gasteiger partial charge < -0.3 is 25.7 Å². The van der Waals surface area contributed by atoms with E-state index in [0.29, 0.717) is 5.75 Å². The predicted octanol–water partition coefficient (Wildman–Crippen LogP) is 0.744. The van der Waals surface area contributed by atoms with Crippen molar-refractivity contribution < 1.29 is 29.3 Å². The number of ether oxygens (including phenoxy) is 1. The minimum absolute atomic E-state index is 0.278. The van der Waals surface area contributed by atoms with Crippen molar-refractivity contribution in [2.45, 2.75) is 0 Å². The lowest BCUT2D eigenvalue weighted by atomic mass is 10.2. The van der Waals surface area contributed by atoms with Crippen LogP contribution in [0, 0.1) is 0 Å². The van der Waals surface area contributed by atoms with Gasteiger partial charge in [-0.15, -0.1) is 0 Å². The Balaban J connectivity index is 0.000000422. The first-order valence-electron chi connectivity index (χ1n) is 6.05. The monoisotopic (exact) mass is 306 g/mol. The number of nitrogens with one attached hydrogen (secondary N) is 1. The molecule has 0 unspecified atom stereocenters. The van der Waals surface area contributed by atoms with Gasteiger partial charge in [-0.05, 0) is 12.1 Å². The Hall–Kier alpha value is -3.13. The Labute approximate surface area is 124 Å². The Kier molecular flexibility index (Phi) is 6.32. The van der Waals surface area contributed by atoms with Crippen LogP contribution < -0.4 is 10.5 Å². The largest absolute Gasteiger partial charge is 0.480 e. The first-order valence-corrected chi connectivity index (χ1v) is 6.05. The van der Waals surface area contributed by atoms with Crippen LogP contribution in [0.15, 0.2) is 42.6 Å². The summed E-state index contributed by atoms with van der Waals surface area (Å²) in [5.74, 6) is -2.51. The molecule has 2 aromatic rings. The summed E-state index contributed by atoms with van der Waals surface area (Å²) in [5, 5.41) is 16.7. The summed E-state index contributed by atoms with van der Waals surface area (Å²) >= 11 is 0. The van der Waals surface area contributed by atoms with Crippen molar-refractivity contribution in [1.29, 1.82) is 0 Å². The molecule has 0 saturated carbocycles. The lowest BCUT2D eigenvalue weighted by molar-refractivity contribution is -0.135. The van der Waals surface area contributed by atoms with Crippen LogP contribution in [0.3, 0.4) is 0 Å². The van der Waals surface area contributed by atoms with Crippen LogP contribution in [-0.2, 0) is 14.4 Å². The number of fused-ring (bicyclic) bond motifs is 1. The standard InChI is InChI=1S/C12H9NO4.C2H5NO2/c14-11(15)5-6-12(16)17-10-7-13-9-4-2-1-3-8(9)10;3-1-2(4)5/h1-7,13H,(H,14,15);1,3H2,(H,4,5)/b6-5-;. The maximum Gasteiger partial charge on any atom is 0.336 e. The zero-order valence-corrected chi connectivity index (χ0v) is 11.4. The highest BCUT2D eigenvalue weighted by atomic mass is 16.5. The number of hydrogen-bond donors (Lipinski definition) is 4. The molecule has 0 spiro atoms. The third-order valence-electron chi connectivity index (χ3n) is 2.30. The molecule has 0 radical (unpaired) electrons. The molecular weight excluding hydrogens is 292 g/mol. The van der Waals surface area contributed by atoms with E-state index >= 15 is 0 Å². The maximum absolute atomic E-state index is 11.3. The van der Waals surface area contributed by atoms with Gasteiger partial charge in [-0.1, -0.05) is 12.1 Å². The van der Waals surface area contributed by atoms with Crippen molar-refractivity contribution in [1.82, 2.24) is 4.98 Å². The number of aliphatic carboxylic acids is 2. The second-order valence-corrected chi connectivity index (χ2v) is 3.89. The average molecular weight is 306 g/mol. The van der Waals surface area contributed by atoms with Gasteiger partial charge in [0, 0.05) is 29.3 Å². The molecule has 0 amide bonds. The van der Waals surface area contributed by atoms with Gasteiger partial charge >= 0.3 is 17.9 Å². The number of hydrogen-bond acceptors (Lipinski definition) is 5. The topological polar surface area (TPSA) is 143 Å². The molecule has 0 atom stereocenters. The number of para-hydroxylation sites is 1. The van der Waals surface area contributed by atoms with Crippen LogP contribution >= 0.6 is 0 Å². The molecule has 0 bridgehead atoms. The molecule has 1 heterocycles. The highest BCUT2D eigenvalue weighted by molar-refractivity contribution is 5.94. The number of carboxylic acid groups (broad SMARTS) is 2. The van der Waals surface area contributed by atoms with Crippen molar-refractivity contribution in [3.8, 4) is 5.75 Å². The lowest BCUT2D eigenvalue weighted by Gasteiger charge is -1.97. The fourth-order valence-corrected chi connectivity index (χ4v) is 1.41. The second-order valence-electron chi connectivity index (χ2n) is 3.89. The molecule has 22 heavy (non-hydrogen) atoms. The van der Waals surface area contributed by atoms with E-state index in [0.717, 1.165) is 23.1 Å². The fourth-order valence-electron chi connectivity index (χ4n) is 1.41. The van der Waals surface area contributed by atoms with Crippen LogP contribution in [0.2, 0.25) is 0 Å². The van der Waals surface area contributed by atoms with Gasteiger partial charge in [0.1, 0.15) is 0 Å². The molecule has 0 aliphatic rings. The molecule has 2 rings (SSSR count). The molecule has 5 N–H and O–H groups in total. The van der Waals surface area contributed by atoms with E-state index in [1.807, 2.05) is 18.2 Å². The Morgan fingerprint density at radius 2 is 1.82 bits per heavy atom. The number of nitrogens with two attached hydrogens (primary N) is 1. The zero-order valence-electron chi connectivity index (χ0n) is 11.4. The van der Waals surface area contributed by atoms with Gasteiger partial charge in [-0.2, -0.15) is 0 Å². The minimum atomic E-state index is -1.19. The number of esters is 1. The smallest absolute Gasteiger partial charge is 0.336 e. The summed E-state index contributed by atoms with van der Waals surface area (Å²) in [7, 11) is 0. The summed E-state index contributed by atoms with van der Waals surface area (Å²) in [6.45, 7) is -0.278. The molecule has 8 nitrogen and oxygen atoms in total. The van der Waals surface area contributed by atoms with Crippen LogP contribution in [0.25, 0.3) is 10.9 Å². The molecule has 0 fully saturated rings. The summed E-state index contributed by atoms with van der Waals surface area (Å²) in [4.78, 5) is 33.7. The van der Waals surface area contributed by atoms with E-state index in [2.05, 4.69) is 10.7 Å². The SMILES string of the molecule is NCC(=O)O.O=C(O)/C=C\C(=O)Oc1c[nH]c2ccccc12. The van der Waals surface area contributed by atoms with Crippen molar-refractivity contribution in [3.05, 3.63) is 42.6 Å². The molecule has 8 heteroatoms. The van der Waals surface area contributed by atoms with Crippen molar-refractivity contribution >= 4 is 28.8 Å². The lowest BCUT2D eigenvalue weighted by Crippen LogP contribution is -2.10. The van der Waals surface area contributed by atoms with Crippen LogP contribution in [0.5, 0.6) is 5.75 Å².